The van der Waals surface area contributed by atoms with Gasteiger partial charge in [0.15, 0.2) is 0 Å². The second-order valence-electron chi connectivity index (χ2n) is 3.68. The highest BCUT2D eigenvalue weighted by molar-refractivity contribution is 9.09. The summed E-state index contributed by atoms with van der Waals surface area (Å²) in [6.07, 6.45) is 0. The van der Waals surface area contributed by atoms with E-state index in [0.29, 0.717) is 0 Å². The van der Waals surface area contributed by atoms with Crippen LogP contribution in [0.1, 0.15) is 10.5 Å². The Morgan fingerprint density at radius 1 is 1.27 bits per heavy atom. The van der Waals surface area contributed by atoms with Crippen molar-refractivity contribution in [1.29, 1.82) is 0 Å². The van der Waals surface area contributed by atoms with Gasteiger partial charge >= 0.3 is 5.69 Å². The van der Waals surface area contributed by atoms with Gasteiger partial charge in [-0.05, 0) is 31.8 Å². The minimum Gasteiger partial charge on any atom is -0.306 e. The number of alkyl halides is 1. The maximum absolute atomic E-state index is 11.1. The van der Waals surface area contributed by atoms with Crippen molar-refractivity contribution in [2.24, 2.45) is 0 Å². The topological polar surface area (TPSA) is 51.9 Å². The van der Waals surface area contributed by atoms with Gasteiger partial charge in [0.1, 0.15) is 0 Å². The summed E-state index contributed by atoms with van der Waals surface area (Å²) < 4.78 is 0. The number of halogens is 1. The van der Waals surface area contributed by atoms with Crippen LogP contribution in [0, 0.1) is 0 Å². The van der Waals surface area contributed by atoms with Crippen molar-refractivity contribution in [1.82, 2.24) is 14.9 Å². The first kappa shape index (κ1) is 10.4. The van der Waals surface area contributed by atoms with Crippen LogP contribution < -0.4 is 5.69 Å². The number of hydrogen-bond donors (Lipinski definition) is 2. The smallest absolute Gasteiger partial charge is 0.306 e. The standard InChI is InChI=1S/C10H12BrN3O/c1-14(2)9(11)6-3-4-7-8(5-6)13-10(15)12-7/h3-5,9H,1-2H3,(H2,12,13,15). The third-order valence-electron chi connectivity index (χ3n) is 2.27. The van der Waals surface area contributed by atoms with Gasteiger partial charge in [-0.15, -0.1) is 0 Å². The molecule has 1 atom stereocenters. The lowest BCUT2D eigenvalue weighted by Crippen LogP contribution is -2.14. The van der Waals surface area contributed by atoms with Crippen LogP contribution in [-0.4, -0.2) is 29.0 Å². The second kappa shape index (κ2) is 3.83. The van der Waals surface area contributed by atoms with E-state index < -0.39 is 0 Å². The number of benzene rings is 1. The second-order valence-corrected chi connectivity index (χ2v) is 4.55. The molecule has 0 saturated carbocycles. The Kier molecular flexibility index (Phi) is 2.67. The van der Waals surface area contributed by atoms with Crippen LogP contribution in [-0.2, 0) is 0 Å². The molecule has 0 radical (unpaired) electrons. The number of nitrogens with one attached hydrogen (secondary N) is 2. The molecule has 80 valence electrons. The van der Waals surface area contributed by atoms with Gasteiger partial charge in [-0.25, -0.2) is 4.79 Å². The summed E-state index contributed by atoms with van der Waals surface area (Å²) in [7, 11) is 3.98. The summed E-state index contributed by atoms with van der Waals surface area (Å²) >= 11 is 3.57. The third-order valence-corrected chi connectivity index (χ3v) is 3.62. The average molecular weight is 270 g/mol. The Morgan fingerprint density at radius 3 is 2.60 bits per heavy atom. The largest absolute Gasteiger partial charge is 0.323 e. The number of aromatic nitrogens is 2. The molecule has 0 fully saturated rings. The zero-order chi connectivity index (χ0) is 11.0. The molecule has 2 rings (SSSR count). The van der Waals surface area contributed by atoms with Crippen LogP contribution >= 0.6 is 15.9 Å². The molecule has 15 heavy (non-hydrogen) atoms. The molecule has 0 aliphatic heterocycles. The van der Waals surface area contributed by atoms with Crippen LogP contribution in [0.2, 0.25) is 0 Å². The van der Waals surface area contributed by atoms with E-state index in [-0.39, 0.29) is 10.6 Å². The van der Waals surface area contributed by atoms with Gasteiger partial charge in [-0.2, -0.15) is 0 Å². The van der Waals surface area contributed by atoms with Crippen LogP contribution in [0.3, 0.4) is 0 Å². The summed E-state index contributed by atoms with van der Waals surface area (Å²) in [6, 6.07) is 5.86. The number of aromatic amines is 2. The average Bonchev–Trinajstić information content (AvgIpc) is 2.55. The van der Waals surface area contributed by atoms with Crippen molar-refractivity contribution >= 4 is 27.0 Å². The van der Waals surface area contributed by atoms with Crippen molar-refractivity contribution in [2.75, 3.05) is 14.1 Å². The SMILES string of the molecule is CN(C)C(Br)c1ccc2[nH]c(=O)[nH]c2c1. The highest BCUT2D eigenvalue weighted by atomic mass is 79.9. The molecule has 4 nitrogen and oxygen atoms in total. The van der Waals surface area contributed by atoms with Gasteiger partial charge in [0.25, 0.3) is 0 Å². The molecule has 0 saturated heterocycles. The molecular formula is C10H12BrN3O. The Labute approximate surface area is 95.4 Å². The van der Waals surface area contributed by atoms with E-state index in [9.17, 15) is 4.79 Å². The van der Waals surface area contributed by atoms with Gasteiger partial charge in [-0.1, -0.05) is 22.0 Å². The predicted octanol–water partition coefficient (Wildman–Crippen LogP) is 1.81. The van der Waals surface area contributed by atoms with Gasteiger partial charge < -0.3 is 9.97 Å². The fourth-order valence-electron chi connectivity index (χ4n) is 1.50. The van der Waals surface area contributed by atoms with Gasteiger partial charge in [-0.3, -0.25) is 4.90 Å². The predicted molar refractivity (Wildman–Crippen MR) is 64.3 cm³/mol. The van der Waals surface area contributed by atoms with Gasteiger partial charge in [0.05, 0.1) is 16.0 Å². The highest BCUT2D eigenvalue weighted by Gasteiger charge is 2.10. The number of imidazole rings is 1. The van der Waals surface area contributed by atoms with E-state index in [0.717, 1.165) is 16.6 Å². The third kappa shape index (κ3) is 1.98. The molecule has 0 aliphatic carbocycles. The first-order valence-electron chi connectivity index (χ1n) is 4.60. The summed E-state index contributed by atoms with van der Waals surface area (Å²) in [5.41, 5.74) is 2.62. The van der Waals surface area contributed by atoms with E-state index in [1.54, 1.807) is 0 Å². The lowest BCUT2D eigenvalue weighted by Gasteiger charge is -2.17. The number of rotatable bonds is 2. The Morgan fingerprint density at radius 2 is 1.93 bits per heavy atom. The molecule has 1 aromatic carbocycles. The molecule has 0 amide bonds. The molecule has 1 aromatic heterocycles. The van der Waals surface area contributed by atoms with Gasteiger partial charge in [0.2, 0.25) is 0 Å². The lowest BCUT2D eigenvalue weighted by atomic mass is 10.2. The quantitative estimate of drug-likeness (QED) is 0.646. The first-order valence-corrected chi connectivity index (χ1v) is 5.52. The molecular weight excluding hydrogens is 258 g/mol. The number of hydrogen-bond acceptors (Lipinski definition) is 2. The highest BCUT2D eigenvalue weighted by Crippen LogP contribution is 2.26. The number of fused-ring (bicyclic) bond motifs is 1. The van der Waals surface area contributed by atoms with E-state index in [2.05, 4.69) is 25.9 Å². The molecule has 0 spiro atoms. The number of H-pyrrole nitrogens is 2. The molecule has 1 unspecified atom stereocenters. The zero-order valence-electron chi connectivity index (χ0n) is 8.54. The fraction of sp³-hybridized carbons (Fsp3) is 0.300. The van der Waals surface area contributed by atoms with Gasteiger partial charge in [0, 0.05) is 0 Å². The molecule has 2 aromatic rings. The van der Waals surface area contributed by atoms with E-state index in [1.165, 1.54) is 0 Å². The van der Waals surface area contributed by atoms with Crippen molar-refractivity contribution in [3.63, 3.8) is 0 Å². The van der Waals surface area contributed by atoms with Crippen LogP contribution in [0.4, 0.5) is 0 Å². The van der Waals surface area contributed by atoms with E-state index >= 15 is 0 Å². The first-order chi connectivity index (χ1) is 7.08. The van der Waals surface area contributed by atoms with Crippen LogP contribution in [0.25, 0.3) is 11.0 Å². The summed E-state index contributed by atoms with van der Waals surface area (Å²) in [6.45, 7) is 0. The molecule has 0 aliphatic rings. The monoisotopic (exact) mass is 269 g/mol. The van der Waals surface area contributed by atoms with E-state index in [1.807, 2.05) is 37.2 Å². The summed E-state index contributed by atoms with van der Waals surface area (Å²) in [5, 5.41) is 0. The van der Waals surface area contributed by atoms with E-state index in [4.69, 9.17) is 0 Å². The summed E-state index contributed by atoms with van der Waals surface area (Å²) in [5.74, 6) is 0. The molecule has 5 heteroatoms. The minimum absolute atomic E-state index is 0.153. The maximum atomic E-state index is 11.1. The normalized spacial score (nSPS) is 13.6. The minimum atomic E-state index is -0.168. The molecule has 1 heterocycles. The van der Waals surface area contributed by atoms with Crippen molar-refractivity contribution in [3.05, 3.63) is 34.2 Å². The van der Waals surface area contributed by atoms with Crippen molar-refractivity contribution in [2.45, 2.75) is 4.95 Å². The summed E-state index contributed by atoms with van der Waals surface area (Å²) in [4.78, 5) is 18.7. The van der Waals surface area contributed by atoms with Crippen molar-refractivity contribution in [3.8, 4) is 0 Å². The fourth-order valence-corrected chi connectivity index (χ4v) is 1.78. The zero-order valence-corrected chi connectivity index (χ0v) is 10.1. The Balaban J connectivity index is 2.50. The molecule has 2 N–H and O–H groups in total. The lowest BCUT2D eigenvalue weighted by molar-refractivity contribution is 0.398. The van der Waals surface area contributed by atoms with Crippen LogP contribution in [0.5, 0.6) is 0 Å². The number of nitrogens with zero attached hydrogens (tertiary/aromatic N) is 1. The Hall–Kier alpha value is -1.07. The van der Waals surface area contributed by atoms with Crippen molar-refractivity contribution < 1.29 is 0 Å². The Bertz CT molecular complexity index is 529. The molecule has 0 bridgehead atoms. The van der Waals surface area contributed by atoms with Crippen LogP contribution in [0.15, 0.2) is 23.0 Å². The maximum Gasteiger partial charge on any atom is 0.323 e.